The third-order valence-corrected chi connectivity index (χ3v) is 2.45. The maximum atomic E-state index is 11.7. The van der Waals surface area contributed by atoms with Gasteiger partial charge in [-0.1, -0.05) is 0 Å². The van der Waals surface area contributed by atoms with Gasteiger partial charge in [-0.2, -0.15) is 5.26 Å². The van der Waals surface area contributed by atoms with Crippen molar-refractivity contribution in [1.82, 2.24) is 0 Å². The van der Waals surface area contributed by atoms with Crippen LogP contribution < -0.4 is 17.4 Å². The summed E-state index contributed by atoms with van der Waals surface area (Å²) >= 11 is 0. The minimum absolute atomic E-state index is 0.000489. The third-order valence-electron chi connectivity index (χ3n) is 2.45. The molecular formula is C10H22N4O4. The van der Waals surface area contributed by atoms with E-state index in [2.05, 4.69) is 11.7 Å². The van der Waals surface area contributed by atoms with Gasteiger partial charge in [0.2, 0.25) is 0 Å². The summed E-state index contributed by atoms with van der Waals surface area (Å²) in [6.45, 7) is -0.400. The molecule has 8 N–H and O–H groups in total. The molecule has 0 spiro atoms. The van der Waals surface area contributed by atoms with Crippen molar-refractivity contribution in [3.8, 4) is 6.07 Å². The Hall–Kier alpha value is -1.24. The van der Waals surface area contributed by atoms with Crippen molar-refractivity contribution in [2.45, 2.75) is 19.3 Å². The van der Waals surface area contributed by atoms with Crippen LogP contribution in [0.5, 0.6) is 0 Å². The average Bonchev–Trinajstić information content (AvgIpc) is 2.40. The van der Waals surface area contributed by atoms with E-state index >= 15 is 0 Å². The molecule has 0 saturated carbocycles. The van der Waals surface area contributed by atoms with Gasteiger partial charge in [0.25, 0.3) is 0 Å². The molecule has 8 nitrogen and oxygen atoms in total. The zero-order valence-corrected chi connectivity index (χ0v) is 10.3. The number of hydrogen-bond acceptors (Lipinski definition) is 8. The van der Waals surface area contributed by atoms with E-state index in [0.29, 0.717) is 0 Å². The molecule has 0 radical (unpaired) electrons. The molecule has 0 aromatic carbocycles. The highest BCUT2D eigenvalue weighted by Gasteiger charge is 2.37. The molecule has 0 atom stereocenters. The molecule has 8 heteroatoms. The maximum absolute atomic E-state index is 11.7. The number of hydrogen-bond donors (Lipinski definition) is 5. The van der Waals surface area contributed by atoms with Crippen molar-refractivity contribution >= 4 is 5.97 Å². The number of esters is 1. The number of ether oxygens (including phenoxy) is 1. The number of aliphatic hydroxyl groups excluding tert-OH is 2. The first-order valence-electron chi connectivity index (χ1n) is 5.46. The summed E-state index contributed by atoms with van der Waals surface area (Å²) in [5.74, 6) is 7.44. The fourth-order valence-corrected chi connectivity index (χ4v) is 1.39. The molecule has 0 saturated heterocycles. The van der Waals surface area contributed by atoms with Crippen LogP contribution in [0.2, 0.25) is 0 Å². The predicted octanol–water partition coefficient (Wildman–Crippen LogP) is -2.03. The van der Waals surface area contributed by atoms with Gasteiger partial charge < -0.3 is 20.7 Å². The maximum Gasteiger partial charge on any atom is 0.313 e. The highest BCUT2D eigenvalue weighted by atomic mass is 16.5. The molecule has 0 aliphatic heterocycles. The largest absolute Gasteiger partial charge is 0.464 e. The van der Waals surface area contributed by atoms with Crippen LogP contribution >= 0.6 is 0 Å². The van der Waals surface area contributed by atoms with Crippen molar-refractivity contribution in [2.24, 2.45) is 22.8 Å². The van der Waals surface area contributed by atoms with Gasteiger partial charge in [-0.15, -0.1) is 0 Å². The second-order valence-corrected chi connectivity index (χ2v) is 3.48. The molecule has 0 fully saturated rings. The molecular weight excluding hydrogens is 240 g/mol. The van der Waals surface area contributed by atoms with Gasteiger partial charge >= 0.3 is 5.97 Å². The average molecular weight is 262 g/mol. The van der Waals surface area contributed by atoms with E-state index in [0.717, 1.165) is 0 Å². The summed E-state index contributed by atoms with van der Waals surface area (Å²) in [6, 6.07) is 1.85. The summed E-state index contributed by atoms with van der Waals surface area (Å²) in [5.41, 5.74) is 4.45. The van der Waals surface area contributed by atoms with E-state index in [1.165, 1.54) is 0 Å². The first kappa shape index (κ1) is 19.1. The number of nitrogens with two attached hydrogens (primary N) is 3. The van der Waals surface area contributed by atoms with Crippen molar-refractivity contribution in [3.63, 3.8) is 0 Å². The normalized spacial score (nSPS) is 10.0. The second-order valence-electron chi connectivity index (χ2n) is 3.48. The van der Waals surface area contributed by atoms with E-state index < -0.39 is 11.4 Å². The SMILES string of the molecule is N#CCCOC(=O)C(CN)(CCO)CCO.NN. The van der Waals surface area contributed by atoms with Gasteiger partial charge in [-0.25, -0.2) is 0 Å². The number of carbonyl (C=O) groups is 1. The van der Waals surface area contributed by atoms with Crippen molar-refractivity contribution in [1.29, 1.82) is 5.26 Å². The van der Waals surface area contributed by atoms with E-state index in [4.69, 9.17) is 25.9 Å². The van der Waals surface area contributed by atoms with Crippen LogP contribution in [0.4, 0.5) is 0 Å². The quantitative estimate of drug-likeness (QED) is 0.144. The van der Waals surface area contributed by atoms with E-state index in [1.54, 1.807) is 0 Å². The van der Waals surface area contributed by atoms with Crippen molar-refractivity contribution in [3.05, 3.63) is 0 Å². The molecule has 0 aliphatic rings. The van der Waals surface area contributed by atoms with Gasteiger partial charge in [0.05, 0.1) is 17.9 Å². The Morgan fingerprint density at radius 3 is 2.11 bits per heavy atom. The lowest BCUT2D eigenvalue weighted by Crippen LogP contribution is -2.41. The van der Waals surface area contributed by atoms with Crippen LogP contribution in [0.3, 0.4) is 0 Å². The lowest BCUT2D eigenvalue weighted by atomic mass is 9.81. The smallest absolute Gasteiger partial charge is 0.313 e. The van der Waals surface area contributed by atoms with Gasteiger partial charge in [0, 0.05) is 19.8 Å². The Labute approximate surface area is 106 Å². The topological polar surface area (TPSA) is 169 Å². The highest BCUT2D eigenvalue weighted by Crippen LogP contribution is 2.26. The summed E-state index contributed by atoms with van der Waals surface area (Å²) in [7, 11) is 0. The minimum Gasteiger partial charge on any atom is -0.464 e. The van der Waals surface area contributed by atoms with Crippen LogP contribution in [0.25, 0.3) is 0 Å². The van der Waals surface area contributed by atoms with Crippen molar-refractivity contribution in [2.75, 3.05) is 26.4 Å². The summed E-state index contributed by atoms with van der Waals surface area (Å²) in [5, 5.41) is 26.1. The van der Waals surface area contributed by atoms with E-state index in [-0.39, 0.29) is 45.6 Å². The Morgan fingerprint density at radius 1 is 1.28 bits per heavy atom. The Bertz CT molecular complexity index is 249. The number of nitrogens with zero attached hydrogens (tertiary/aromatic N) is 1. The molecule has 0 bridgehead atoms. The first-order chi connectivity index (χ1) is 8.66. The number of rotatable bonds is 8. The van der Waals surface area contributed by atoms with Crippen molar-refractivity contribution < 1.29 is 19.7 Å². The van der Waals surface area contributed by atoms with Crippen LogP contribution in [0.15, 0.2) is 0 Å². The van der Waals surface area contributed by atoms with E-state index in [9.17, 15) is 4.79 Å². The Morgan fingerprint density at radius 2 is 1.78 bits per heavy atom. The monoisotopic (exact) mass is 262 g/mol. The van der Waals surface area contributed by atoms with Gasteiger partial charge in [-0.3, -0.25) is 16.5 Å². The molecule has 0 unspecified atom stereocenters. The highest BCUT2D eigenvalue weighted by molar-refractivity contribution is 5.77. The number of carbonyl (C=O) groups excluding carboxylic acids is 1. The van der Waals surface area contributed by atoms with Crippen LogP contribution in [-0.2, 0) is 9.53 Å². The lowest BCUT2D eigenvalue weighted by molar-refractivity contribution is -0.157. The number of nitriles is 1. The van der Waals surface area contributed by atoms with Gasteiger partial charge in [0.1, 0.15) is 6.61 Å². The Balaban J connectivity index is 0. The second kappa shape index (κ2) is 12.2. The molecule has 18 heavy (non-hydrogen) atoms. The van der Waals surface area contributed by atoms with Crippen LogP contribution in [0.1, 0.15) is 19.3 Å². The van der Waals surface area contributed by atoms with E-state index in [1.807, 2.05) is 6.07 Å². The summed E-state index contributed by atoms with van der Waals surface area (Å²) in [4.78, 5) is 11.7. The lowest BCUT2D eigenvalue weighted by Gasteiger charge is -2.28. The molecule has 0 aromatic rings. The van der Waals surface area contributed by atoms with Crippen LogP contribution in [-0.4, -0.2) is 42.5 Å². The summed E-state index contributed by atoms with van der Waals surface area (Å²) in [6.07, 6.45) is 0.412. The fraction of sp³-hybridized carbons (Fsp3) is 0.800. The van der Waals surface area contributed by atoms with Crippen LogP contribution in [0, 0.1) is 16.7 Å². The van der Waals surface area contributed by atoms with Gasteiger partial charge in [-0.05, 0) is 12.8 Å². The Kier molecular flexibility index (Phi) is 13.0. The molecule has 0 aromatic heterocycles. The third kappa shape index (κ3) is 6.48. The first-order valence-corrected chi connectivity index (χ1v) is 5.46. The predicted molar refractivity (Wildman–Crippen MR) is 64.5 cm³/mol. The molecule has 0 heterocycles. The number of aliphatic hydroxyl groups is 2. The fourth-order valence-electron chi connectivity index (χ4n) is 1.39. The standard InChI is InChI=1S/C10H18N2O4.H4N2/c11-4-1-7-16-9(15)10(8-12,2-5-13)3-6-14;1-2/h13-14H,1-3,5-8,12H2;1-2H2. The summed E-state index contributed by atoms with van der Waals surface area (Å²) < 4.78 is 4.88. The van der Waals surface area contributed by atoms with Gasteiger partial charge in [0.15, 0.2) is 0 Å². The zero-order chi connectivity index (χ0) is 14.4. The molecule has 0 rings (SSSR count). The molecule has 0 aliphatic carbocycles. The molecule has 0 amide bonds. The number of hydrazine groups is 1. The molecule has 106 valence electrons. The zero-order valence-electron chi connectivity index (χ0n) is 10.3. The minimum atomic E-state index is -1.04.